The normalized spacial score (nSPS) is 12.7. The molecule has 0 unspecified atom stereocenters. The Morgan fingerprint density at radius 3 is 2.25 bits per heavy atom. The Morgan fingerprint density at radius 2 is 1.83 bits per heavy atom. The van der Waals surface area contributed by atoms with E-state index in [0.717, 1.165) is 0 Å². The highest BCUT2D eigenvalue weighted by atomic mass is 16.4. The first-order valence-corrected chi connectivity index (χ1v) is 3.76. The molecule has 64 valence electrons. The summed E-state index contributed by atoms with van der Waals surface area (Å²) >= 11 is 0. The van der Waals surface area contributed by atoms with Crippen LogP contribution in [0.5, 0.6) is 0 Å². The lowest BCUT2D eigenvalue weighted by Crippen LogP contribution is -2.33. The van der Waals surface area contributed by atoms with Crippen LogP contribution in [-0.2, 0) is 0 Å². The standard InChI is InChI=1S/C8H11BO3/c1-6(10)7-4-2-3-5-8(7)9(11)12/h2-6,10-12H,1H3/t6-/m0/s1. The van der Waals surface area contributed by atoms with Gasteiger partial charge in [0, 0.05) is 0 Å². The van der Waals surface area contributed by atoms with Crippen molar-refractivity contribution in [1.82, 2.24) is 0 Å². The first-order chi connectivity index (χ1) is 5.63. The molecule has 0 aromatic heterocycles. The van der Waals surface area contributed by atoms with Gasteiger partial charge in [-0.05, 0) is 17.9 Å². The van der Waals surface area contributed by atoms with Crippen molar-refractivity contribution in [2.75, 3.05) is 0 Å². The molecule has 0 aliphatic carbocycles. The van der Waals surface area contributed by atoms with Crippen molar-refractivity contribution >= 4 is 12.6 Å². The zero-order valence-corrected chi connectivity index (χ0v) is 6.81. The average Bonchev–Trinajstić information content (AvgIpc) is 2.04. The highest BCUT2D eigenvalue weighted by Crippen LogP contribution is 2.08. The van der Waals surface area contributed by atoms with Gasteiger partial charge in [0.05, 0.1) is 6.10 Å². The lowest BCUT2D eigenvalue weighted by molar-refractivity contribution is 0.200. The molecule has 1 aromatic rings. The van der Waals surface area contributed by atoms with Crippen LogP contribution in [0.2, 0.25) is 0 Å². The van der Waals surface area contributed by atoms with Gasteiger partial charge in [-0.25, -0.2) is 0 Å². The Balaban J connectivity index is 3.09. The molecule has 0 aliphatic rings. The van der Waals surface area contributed by atoms with Crippen molar-refractivity contribution in [2.24, 2.45) is 0 Å². The van der Waals surface area contributed by atoms with Gasteiger partial charge < -0.3 is 15.2 Å². The molecule has 0 aliphatic heterocycles. The first kappa shape index (κ1) is 9.25. The van der Waals surface area contributed by atoms with E-state index >= 15 is 0 Å². The second-order valence-corrected chi connectivity index (χ2v) is 2.68. The quantitative estimate of drug-likeness (QED) is 0.515. The van der Waals surface area contributed by atoms with Gasteiger partial charge in [0.1, 0.15) is 0 Å². The predicted octanol–water partition coefficient (Wildman–Crippen LogP) is -0.580. The molecule has 1 rings (SSSR count). The van der Waals surface area contributed by atoms with E-state index < -0.39 is 13.2 Å². The molecule has 1 atom stereocenters. The van der Waals surface area contributed by atoms with Crippen LogP contribution in [0.4, 0.5) is 0 Å². The Labute approximate surface area is 71.4 Å². The maximum atomic E-state index is 9.23. The fourth-order valence-corrected chi connectivity index (χ4v) is 1.13. The molecule has 0 radical (unpaired) electrons. The third-order valence-corrected chi connectivity index (χ3v) is 1.72. The third kappa shape index (κ3) is 1.85. The van der Waals surface area contributed by atoms with Crippen molar-refractivity contribution in [3.63, 3.8) is 0 Å². The summed E-state index contributed by atoms with van der Waals surface area (Å²) in [5, 5.41) is 27.0. The molecule has 4 heteroatoms. The van der Waals surface area contributed by atoms with Gasteiger partial charge in [-0.2, -0.15) is 0 Å². The van der Waals surface area contributed by atoms with Crippen molar-refractivity contribution in [3.05, 3.63) is 29.8 Å². The number of aliphatic hydroxyl groups is 1. The van der Waals surface area contributed by atoms with Gasteiger partial charge in [-0.3, -0.25) is 0 Å². The Bertz CT molecular complexity index is 233. The summed E-state index contributed by atoms with van der Waals surface area (Å²) in [6.07, 6.45) is -0.678. The minimum absolute atomic E-state index is 0.354. The fourth-order valence-electron chi connectivity index (χ4n) is 1.13. The average molecular weight is 166 g/mol. The summed E-state index contributed by atoms with van der Waals surface area (Å²) in [6.45, 7) is 1.58. The van der Waals surface area contributed by atoms with E-state index in [0.29, 0.717) is 11.0 Å². The molecule has 0 bridgehead atoms. The third-order valence-electron chi connectivity index (χ3n) is 1.72. The van der Waals surface area contributed by atoms with Crippen LogP contribution in [0, 0.1) is 0 Å². The number of hydrogen-bond donors (Lipinski definition) is 3. The van der Waals surface area contributed by atoms with Crippen LogP contribution in [-0.4, -0.2) is 22.3 Å². The van der Waals surface area contributed by atoms with E-state index in [2.05, 4.69) is 0 Å². The van der Waals surface area contributed by atoms with Gasteiger partial charge in [0.15, 0.2) is 0 Å². The zero-order valence-electron chi connectivity index (χ0n) is 6.81. The highest BCUT2D eigenvalue weighted by molar-refractivity contribution is 6.59. The van der Waals surface area contributed by atoms with Gasteiger partial charge in [-0.15, -0.1) is 0 Å². The highest BCUT2D eigenvalue weighted by Gasteiger charge is 2.17. The second kappa shape index (κ2) is 3.71. The Morgan fingerprint density at radius 1 is 1.25 bits per heavy atom. The molecule has 0 amide bonds. The van der Waals surface area contributed by atoms with Crippen molar-refractivity contribution in [1.29, 1.82) is 0 Å². The van der Waals surface area contributed by atoms with Crippen LogP contribution < -0.4 is 5.46 Å². The number of aliphatic hydroxyl groups excluding tert-OH is 1. The number of rotatable bonds is 2. The molecule has 0 saturated carbocycles. The molecule has 0 spiro atoms. The van der Waals surface area contributed by atoms with Gasteiger partial charge >= 0.3 is 7.12 Å². The van der Waals surface area contributed by atoms with Crippen LogP contribution >= 0.6 is 0 Å². The molecular formula is C8H11BO3. The van der Waals surface area contributed by atoms with E-state index in [-0.39, 0.29) is 0 Å². The molecular weight excluding hydrogens is 155 g/mol. The van der Waals surface area contributed by atoms with Crippen molar-refractivity contribution < 1.29 is 15.2 Å². The zero-order chi connectivity index (χ0) is 9.14. The second-order valence-electron chi connectivity index (χ2n) is 2.68. The largest absolute Gasteiger partial charge is 0.488 e. The molecule has 0 saturated heterocycles. The van der Waals surface area contributed by atoms with Crippen LogP contribution in [0.15, 0.2) is 24.3 Å². The summed E-state index contributed by atoms with van der Waals surface area (Å²) in [7, 11) is -1.52. The monoisotopic (exact) mass is 166 g/mol. The van der Waals surface area contributed by atoms with Crippen LogP contribution in [0.3, 0.4) is 0 Å². The maximum absolute atomic E-state index is 9.23. The molecule has 0 heterocycles. The van der Waals surface area contributed by atoms with Gasteiger partial charge in [-0.1, -0.05) is 24.3 Å². The summed E-state index contributed by atoms with van der Waals surface area (Å²) in [5.74, 6) is 0. The van der Waals surface area contributed by atoms with Crippen molar-refractivity contribution in [3.8, 4) is 0 Å². The fraction of sp³-hybridized carbons (Fsp3) is 0.250. The smallest absolute Gasteiger partial charge is 0.423 e. The van der Waals surface area contributed by atoms with Crippen LogP contribution in [0.1, 0.15) is 18.6 Å². The number of hydrogen-bond acceptors (Lipinski definition) is 3. The van der Waals surface area contributed by atoms with E-state index in [1.165, 1.54) is 0 Å². The molecule has 3 N–H and O–H groups in total. The SMILES string of the molecule is C[C@H](O)c1ccccc1B(O)O. The minimum atomic E-state index is -1.52. The van der Waals surface area contributed by atoms with E-state index in [1.807, 2.05) is 0 Å². The Kier molecular flexibility index (Phi) is 2.86. The van der Waals surface area contributed by atoms with Gasteiger partial charge in [0.2, 0.25) is 0 Å². The van der Waals surface area contributed by atoms with Crippen molar-refractivity contribution in [2.45, 2.75) is 13.0 Å². The first-order valence-electron chi connectivity index (χ1n) is 3.76. The molecule has 12 heavy (non-hydrogen) atoms. The molecule has 1 aromatic carbocycles. The summed E-state index contributed by atoms with van der Waals surface area (Å²) in [4.78, 5) is 0. The van der Waals surface area contributed by atoms with E-state index in [1.54, 1.807) is 31.2 Å². The number of benzene rings is 1. The Hall–Kier alpha value is -0.835. The lowest BCUT2D eigenvalue weighted by atomic mass is 9.76. The van der Waals surface area contributed by atoms with E-state index in [9.17, 15) is 5.11 Å². The van der Waals surface area contributed by atoms with Gasteiger partial charge in [0.25, 0.3) is 0 Å². The lowest BCUT2D eigenvalue weighted by Gasteiger charge is -2.10. The molecule has 0 fully saturated rings. The molecule has 3 nitrogen and oxygen atoms in total. The predicted molar refractivity (Wildman–Crippen MR) is 46.9 cm³/mol. The van der Waals surface area contributed by atoms with E-state index in [4.69, 9.17) is 10.0 Å². The maximum Gasteiger partial charge on any atom is 0.488 e. The van der Waals surface area contributed by atoms with Crippen LogP contribution in [0.25, 0.3) is 0 Å². The minimum Gasteiger partial charge on any atom is -0.423 e. The summed E-state index contributed by atoms with van der Waals surface area (Å²) < 4.78 is 0. The summed E-state index contributed by atoms with van der Waals surface area (Å²) in [6, 6.07) is 6.68. The summed E-state index contributed by atoms with van der Waals surface area (Å²) in [5.41, 5.74) is 0.903. The topological polar surface area (TPSA) is 60.7 Å².